The lowest BCUT2D eigenvalue weighted by atomic mass is 10.1. The summed E-state index contributed by atoms with van der Waals surface area (Å²) in [6.07, 6.45) is 0.939. The summed E-state index contributed by atoms with van der Waals surface area (Å²) in [6.45, 7) is 5.87. The van der Waals surface area contributed by atoms with Gasteiger partial charge in [-0.3, -0.25) is 9.69 Å². The largest absolute Gasteiger partial charge is 0.340 e. The summed E-state index contributed by atoms with van der Waals surface area (Å²) < 4.78 is 1.14. The summed E-state index contributed by atoms with van der Waals surface area (Å²) in [5.74, 6) is 0.0211. The van der Waals surface area contributed by atoms with E-state index in [4.69, 9.17) is 4.98 Å². The van der Waals surface area contributed by atoms with Crippen LogP contribution >= 0.6 is 11.3 Å². The fourth-order valence-electron chi connectivity index (χ4n) is 3.09. The van der Waals surface area contributed by atoms with Gasteiger partial charge in [0.25, 0.3) is 5.91 Å². The number of fused-ring (bicyclic) bond motifs is 1. The number of carbonyl (C=O) groups excluding carboxylic acids is 1. The molecule has 1 aromatic heterocycles. The molecule has 1 N–H and O–H groups in total. The van der Waals surface area contributed by atoms with Crippen LogP contribution in [0.1, 0.15) is 27.9 Å². The highest BCUT2D eigenvalue weighted by Gasteiger charge is 2.21. The maximum atomic E-state index is 13.1. The van der Waals surface area contributed by atoms with Gasteiger partial charge in [-0.15, -0.1) is 0 Å². The van der Waals surface area contributed by atoms with Crippen LogP contribution in [0.25, 0.3) is 10.2 Å². The maximum absolute atomic E-state index is 13.1. The summed E-state index contributed by atoms with van der Waals surface area (Å²) in [4.78, 5) is 21.2. The molecular weight excluding hydrogens is 342 g/mol. The zero-order chi connectivity index (χ0) is 18.7. The molecule has 3 aromatic rings. The van der Waals surface area contributed by atoms with Crippen LogP contribution in [0.4, 0.5) is 5.13 Å². The number of aryl methyl sites for hydroxylation is 2. The average molecular weight is 369 g/mol. The molecule has 0 unspecified atom stereocenters. The van der Waals surface area contributed by atoms with Crippen LogP contribution in [0.3, 0.4) is 0 Å². The van der Waals surface area contributed by atoms with E-state index in [0.717, 1.165) is 33.9 Å². The summed E-state index contributed by atoms with van der Waals surface area (Å²) in [5.41, 5.74) is 4.09. The van der Waals surface area contributed by atoms with Gasteiger partial charge < -0.3 is 4.90 Å². The van der Waals surface area contributed by atoms with Gasteiger partial charge in [-0.25, -0.2) is 4.98 Å². The van der Waals surface area contributed by atoms with Crippen molar-refractivity contribution in [3.63, 3.8) is 0 Å². The van der Waals surface area contributed by atoms with Crippen LogP contribution in [0, 0.1) is 13.8 Å². The highest BCUT2D eigenvalue weighted by atomic mass is 32.1. The molecule has 5 heteroatoms. The van der Waals surface area contributed by atoms with Gasteiger partial charge in [0.1, 0.15) is 0 Å². The Morgan fingerprint density at radius 2 is 1.88 bits per heavy atom. The van der Waals surface area contributed by atoms with Crippen LogP contribution in [-0.4, -0.2) is 38.1 Å². The first-order valence-electron chi connectivity index (χ1n) is 8.99. The Balaban J connectivity index is 1.97. The number of nitrogens with one attached hydrogen (secondary N) is 1. The Hall–Kier alpha value is -2.24. The number of thiazole rings is 1. The van der Waals surface area contributed by atoms with Crippen LogP contribution in [0.5, 0.6) is 0 Å². The molecule has 0 radical (unpaired) electrons. The third-order valence-electron chi connectivity index (χ3n) is 4.37. The topological polar surface area (TPSA) is 37.6 Å². The molecule has 1 heterocycles. The molecule has 26 heavy (non-hydrogen) atoms. The first kappa shape index (κ1) is 18.5. The number of aromatic nitrogens is 1. The molecule has 3 rings (SSSR count). The molecule has 0 bridgehead atoms. The Labute approximate surface area is 159 Å². The molecule has 0 spiro atoms. The van der Waals surface area contributed by atoms with Crippen molar-refractivity contribution < 1.29 is 9.69 Å². The minimum Gasteiger partial charge on any atom is -0.340 e. The summed E-state index contributed by atoms with van der Waals surface area (Å²) >= 11 is 1.60. The van der Waals surface area contributed by atoms with Crippen molar-refractivity contribution in [1.82, 2.24) is 4.98 Å². The molecule has 0 aliphatic heterocycles. The van der Waals surface area contributed by atoms with Crippen molar-refractivity contribution in [3.8, 4) is 0 Å². The van der Waals surface area contributed by atoms with Gasteiger partial charge >= 0.3 is 0 Å². The van der Waals surface area contributed by atoms with Gasteiger partial charge in [0.2, 0.25) is 0 Å². The highest BCUT2D eigenvalue weighted by molar-refractivity contribution is 7.22. The predicted molar refractivity (Wildman–Crippen MR) is 110 cm³/mol. The standard InChI is InChI=1S/C21H25N3OS/c1-15-13-16(2)19-18(14-15)26-21(22-19)24(12-8-11-23(3)4)20(25)17-9-6-5-7-10-17/h5-7,9-10,13-14H,8,11-12H2,1-4H3/p+1. The van der Waals surface area contributed by atoms with Crippen molar-refractivity contribution in [1.29, 1.82) is 0 Å². The number of benzene rings is 2. The number of anilines is 1. The Morgan fingerprint density at radius 1 is 1.15 bits per heavy atom. The van der Waals surface area contributed by atoms with E-state index >= 15 is 0 Å². The molecule has 0 aliphatic carbocycles. The fourth-order valence-corrected chi connectivity index (χ4v) is 4.25. The number of hydrogen-bond donors (Lipinski definition) is 1. The van der Waals surface area contributed by atoms with Gasteiger partial charge in [0.05, 0.1) is 30.9 Å². The quantitative estimate of drug-likeness (QED) is 0.726. The number of carbonyl (C=O) groups is 1. The SMILES string of the molecule is Cc1cc(C)c2nc(N(CCC[NH+](C)C)C(=O)c3ccccc3)sc2c1. The summed E-state index contributed by atoms with van der Waals surface area (Å²) in [5, 5.41) is 0.788. The molecule has 2 aromatic carbocycles. The zero-order valence-corrected chi connectivity index (χ0v) is 16.7. The van der Waals surface area contributed by atoms with Crippen LogP contribution < -0.4 is 9.80 Å². The van der Waals surface area contributed by atoms with Crippen LogP contribution in [0.15, 0.2) is 42.5 Å². The van der Waals surface area contributed by atoms with Gasteiger partial charge in [-0.1, -0.05) is 35.6 Å². The van der Waals surface area contributed by atoms with E-state index < -0.39 is 0 Å². The number of hydrogen-bond acceptors (Lipinski definition) is 3. The van der Waals surface area contributed by atoms with E-state index in [1.54, 1.807) is 11.3 Å². The minimum absolute atomic E-state index is 0.0211. The first-order chi connectivity index (χ1) is 12.5. The molecule has 0 aliphatic rings. The van der Waals surface area contributed by atoms with E-state index in [-0.39, 0.29) is 5.91 Å². The van der Waals surface area contributed by atoms with Gasteiger partial charge in [-0.2, -0.15) is 0 Å². The Morgan fingerprint density at radius 3 is 2.58 bits per heavy atom. The molecule has 4 nitrogen and oxygen atoms in total. The molecule has 0 saturated heterocycles. The van der Waals surface area contributed by atoms with E-state index in [2.05, 4.69) is 40.1 Å². The molecule has 0 saturated carbocycles. The third kappa shape index (κ3) is 4.11. The Kier molecular flexibility index (Phi) is 5.69. The van der Waals surface area contributed by atoms with Crippen molar-refractivity contribution in [3.05, 3.63) is 59.2 Å². The lowest BCUT2D eigenvalue weighted by Crippen LogP contribution is -3.05. The van der Waals surface area contributed by atoms with Gasteiger partial charge in [0.15, 0.2) is 5.13 Å². The van der Waals surface area contributed by atoms with Crippen molar-refractivity contribution >= 4 is 32.6 Å². The molecule has 0 fully saturated rings. The number of nitrogens with zero attached hydrogens (tertiary/aromatic N) is 2. The van der Waals surface area contributed by atoms with Crippen LogP contribution in [-0.2, 0) is 0 Å². The second-order valence-electron chi connectivity index (χ2n) is 7.06. The van der Waals surface area contributed by atoms with Gasteiger partial charge in [-0.05, 0) is 43.2 Å². The van der Waals surface area contributed by atoms with Gasteiger partial charge in [0, 0.05) is 18.5 Å². The first-order valence-corrected chi connectivity index (χ1v) is 9.81. The summed E-state index contributed by atoms with van der Waals surface area (Å²) in [7, 11) is 4.26. The molecular formula is C21H26N3OS+. The smallest absolute Gasteiger partial charge is 0.260 e. The maximum Gasteiger partial charge on any atom is 0.260 e. The second-order valence-corrected chi connectivity index (χ2v) is 8.07. The van der Waals surface area contributed by atoms with Crippen LogP contribution in [0.2, 0.25) is 0 Å². The normalized spacial score (nSPS) is 11.3. The third-order valence-corrected chi connectivity index (χ3v) is 5.40. The van der Waals surface area contributed by atoms with E-state index in [9.17, 15) is 4.79 Å². The van der Waals surface area contributed by atoms with Crippen molar-refractivity contribution in [2.45, 2.75) is 20.3 Å². The minimum atomic E-state index is 0.0211. The number of amides is 1. The van der Waals surface area contributed by atoms with E-state index in [1.807, 2.05) is 35.2 Å². The fraction of sp³-hybridized carbons (Fsp3) is 0.333. The van der Waals surface area contributed by atoms with Crippen molar-refractivity contribution in [2.24, 2.45) is 0 Å². The lowest BCUT2D eigenvalue weighted by Gasteiger charge is -2.20. The predicted octanol–water partition coefficient (Wildman–Crippen LogP) is 3.09. The zero-order valence-electron chi connectivity index (χ0n) is 15.9. The number of rotatable bonds is 6. The summed E-state index contributed by atoms with van der Waals surface area (Å²) in [6, 6.07) is 13.8. The Bertz CT molecular complexity index is 902. The lowest BCUT2D eigenvalue weighted by molar-refractivity contribution is -0.858. The molecule has 0 atom stereocenters. The van der Waals surface area contributed by atoms with Crippen molar-refractivity contribution in [2.75, 3.05) is 32.1 Å². The highest BCUT2D eigenvalue weighted by Crippen LogP contribution is 2.32. The van der Waals surface area contributed by atoms with E-state index in [1.165, 1.54) is 10.5 Å². The monoisotopic (exact) mass is 368 g/mol. The number of quaternary nitrogens is 1. The van der Waals surface area contributed by atoms with E-state index in [0.29, 0.717) is 12.1 Å². The molecule has 136 valence electrons. The molecule has 1 amide bonds. The second kappa shape index (κ2) is 7.98. The average Bonchev–Trinajstić information content (AvgIpc) is 3.02.